The molecule has 9 nitrogen and oxygen atoms in total. The van der Waals surface area contributed by atoms with Gasteiger partial charge in [-0.15, -0.1) is 0 Å². The number of amides is 1. The Morgan fingerprint density at radius 1 is 1.21 bits per heavy atom. The molecule has 4 heterocycles. The first-order chi connectivity index (χ1) is 13.9. The van der Waals surface area contributed by atoms with Gasteiger partial charge in [-0.1, -0.05) is 10.3 Å². The van der Waals surface area contributed by atoms with Crippen LogP contribution in [0, 0.1) is 20.8 Å². The van der Waals surface area contributed by atoms with Crippen LogP contribution in [0.15, 0.2) is 21.3 Å². The molecule has 29 heavy (non-hydrogen) atoms. The van der Waals surface area contributed by atoms with Crippen LogP contribution in [-0.2, 0) is 0 Å². The Morgan fingerprint density at radius 3 is 2.62 bits per heavy atom. The summed E-state index contributed by atoms with van der Waals surface area (Å²) >= 11 is 0. The fourth-order valence-electron chi connectivity index (χ4n) is 3.76. The molecule has 0 radical (unpaired) electrons. The summed E-state index contributed by atoms with van der Waals surface area (Å²) in [5.41, 5.74) is 3.41. The van der Waals surface area contributed by atoms with Gasteiger partial charge < -0.3 is 18.8 Å². The van der Waals surface area contributed by atoms with Gasteiger partial charge in [-0.3, -0.25) is 4.79 Å². The van der Waals surface area contributed by atoms with Crippen LogP contribution in [0.3, 0.4) is 0 Å². The third kappa shape index (κ3) is 3.37. The number of rotatable bonds is 4. The van der Waals surface area contributed by atoms with Crippen molar-refractivity contribution in [3.8, 4) is 11.3 Å². The number of hydrogen-bond acceptors (Lipinski definition) is 8. The number of carbonyl (C=O) groups excluding carboxylic acids is 1. The molecular formula is C20H24N6O3. The van der Waals surface area contributed by atoms with Gasteiger partial charge in [0.1, 0.15) is 11.3 Å². The molecule has 1 saturated heterocycles. The standard InChI is InChI=1S/C20H24N6O3/c1-11-9-16(29-23-11)14-10-21-20(25(4)5)22-18(14)15-7-6-8-26(15)19(27)17-12(2)24-28-13(17)3/h9-10,15H,6-8H2,1-5H3/t15-/m0/s1. The normalized spacial score (nSPS) is 16.4. The molecule has 1 atom stereocenters. The van der Waals surface area contributed by atoms with Crippen LogP contribution >= 0.6 is 0 Å². The molecule has 0 aliphatic carbocycles. The van der Waals surface area contributed by atoms with Crippen LogP contribution in [0.1, 0.15) is 52.1 Å². The highest BCUT2D eigenvalue weighted by Gasteiger charge is 2.36. The second kappa shape index (κ2) is 7.31. The van der Waals surface area contributed by atoms with Crippen molar-refractivity contribution in [2.75, 3.05) is 25.5 Å². The predicted molar refractivity (Wildman–Crippen MR) is 106 cm³/mol. The van der Waals surface area contributed by atoms with E-state index >= 15 is 0 Å². The van der Waals surface area contributed by atoms with E-state index in [9.17, 15) is 4.79 Å². The van der Waals surface area contributed by atoms with E-state index in [2.05, 4.69) is 15.3 Å². The second-order valence-electron chi connectivity index (χ2n) is 7.55. The van der Waals surface area contributed by atoms with Crippen molar-refractivity contribution in [2.45, 2.75) is 39.7 Å². The van der Waals surface area contributed by atoms with Crippen molar-refractivity contribution in [3.05, 3.63) is 40.7 Å². The largest absolute Gasteiger partial charge is 0.361 e. The number of likely N-dealkylation sites (tertiary alicyclic amines) is 1. The van der Waals surface area contributed by atoms with Gasteiger partial charge in [0.05, 0.1) is 28.7 Å². The molecule has 1 aliphatic rings. The molecule has 0 spiro atoms. The molecular weight excluding hydrogens is 372 g/mol. The highest BCUT2D eigenvalue weighted by atomic mass is 16.5. The van der Waals surface area contributed by atoms with E-state index < -0.39 is 0 Å². The molecule has 1 amide bonds. The van der Waals surface area contributed by atoms with Crippen molar-refractivity contribution < 1.29 is 13.8 Å². The van der Waals surface area contributed by atoms with Gasteiger partial charge in [0.25, 0.3) is 5.91 Å². The van der Waals surface area contributed by atoms with E-state index in [0.29, 0.717) is 35.3 Å². The zero-order valence-corrected chi connectivity index (χ0v) is 17.3. The molecule has 4 rings (SSSR count). The molecule has 9 heteroatoms. The lowest BCUT2D eigenvalue weighted by Crippen LogP contribution is -2.32. The molecule has 152 valence electrons. The van der Waals surface area contributed by atoms with E-state index in [4.69, 9.17) is 14.0 Å². The summed E-state index contributed by atoms with van der Waals surface area (Å²) in [6.45, 7) is 6.05. The minimum atomic E-state index is -0.196. The lowest BCUT2D eigenvalue weighted by molar-refractivity contribution is 0.0730. The van der Waals surface area contributed by atoms with E-state index in [1.54, 1.807) is 20.0 Å². The molecule has 3 aromatic heterocycles. The Hall–Kier alpha value is -3.23. The Labute approximate surface area is 168 Å². The lowest BCUT2D eigenvalue weighted by atomic mass is 10.0. The smallest absolute Gasteiger partial charge is 0.259 e. The Kier molecular flexibility index (Phi) is 4.81. The van der Waals surface area contributed by atoms with Gasteiger partial charge in [0.2, 0.25) is 5.95 Å². The number of nitrogens with zero attached hydrogens (tertiary/aromatic N) is 6. The molecule has 3 aromatic rings. The summed E-state index contributed by atoms with van der Waals surface area (Å²) in [7, 11) is 3.78. The second-order valence-corrected chi connectivity index (χ2v) is 7.55. The van der Waals surface area contributed by atoms with Crippen molar-refractivity contribution >= 4 is 11.9 Å². The topological polar surface area (TPSA) is 101 Å². The minimum absolute atomic E-state index is 0.0894. The summed E-state index contributed by atoms with van der Waals surface area (Å²) in [6.07, 6.45) is 3.43. The fourth-order valence-corrected chi connectivity index (χ4v) is 3.76. The Balaban J connectivity index is 1.79. The predicted octanol–water partition coefficient (Wildman–Crippen LogP) is 3.09. The van der Waals surface area contributed by atoms with Crippen LogP contribution in [0.25, 0.3) is 11.3 Å². The van der Waals surface area contributed by atoms with Crippen LogP contribution in [0.5, 0.6) is 0 Å². The summed E-state index contributed by atoms with van der Waals surface area (Å²) in [4.78, 5) is 26.3. The molecule has 0 N–H and O–H groups in total. The Bertz CT molecular complexity index is 1030. The van der Waals surface area contributed by atoms with E-state index in [0.717, 1.165) is 29.8 Å². The van der Waals surface area contributed by atoms with Crippen LogP contribution < -0.4 is 4.90 Å². The molecule has 1 aliphatic heterocycles. The van der Waals surface area contributed by atoms with Gasteiger partial charge >= 0.3 is 0 Å². The van der Waals surface area contributed by atoms with Gasteiger partial charge in [-0.2, -0.15) is 0 Å². The SMILES string of the molecule is Cc1cc(-c2cnc(N(C)C)nc2[C@@H]2CCCN2C(=O)c2c(C)noc2C)on1. The third-order valence-corrected chi connectivity index (χ3v) is 5.18. The van der Waals surface area contributed by atoms with Crippen molar-refractivity contribution in [1.29, 1.82) is 0 Å². The maximum absolute atomic E-state index is 13.3. The monoisotopic (exact) mass is 396 g/mol. The van der Waals surface area contributed by atoms with Crippen LogP contribution in [0.2, 0.25) is 0 Å². The number of hydrogen-bond donors (Lipinski definition) is 0. The maximum atomic E-state index is 13.3. The highest BCUT2D eigenvalue weighted by Crippen LogP contribution is 2.38. The maximum Gasteiger partial charge on any atom is 0.259 e. The van der Waals surface area contributed by atoms with Gasteiger partial charge in [-0.05, 0) is 33.6 Å². The number of aromatic nitrogens is 4. The van der Waals surface area contributed by atoms with Crippen LogP contribution in [0.4, 0.5) is 5.95 Å². The van der Waals surface area contributed by atoms with E-state index in [1.807, 2.05) is 36.9 Å². The van der Waals surface area contributed by atoms with Crippen molar-refractivity contribution in [1.82, 2.24) is 25.2 Å². The summed E-state index contributed by atoms with van der Waals surface area (Å²) in [5, 5.41) is 7.93. The first-order valence-corrected chi connectivity index (χ1v) is 9.58. The summed E-state index contributed by atoms with van der Waals surface area (Å²) in [5.74, 6) is 1.62. The number of carbonyl (C=O) groups is 1. The summed E-state index contributed by atoms with van der Waals surface area (Å²) in [6, 6.07) is 1.66. The van der Waals surface area contributed by atoms with Gasteiger partial charge in [0.15, 0.2) is 5.76 Å². The zero-order chi connectivity index (χ0) is 20.7. The lowest BCUT2D eigenvalue weighted by Gasteiger charge is -2.26. The molecule has 0 bridgehead atoms. The fraction of sp³-hybridized carbons (Fsp3) is 0.450. The number of anilines is 1. The average molecular weight is 396 g/mol. The first-order valence-electron chi connectivity index (χ1n) is 9.58. The summed E-state index contributed by atoms with van der Waals surface area (Å²) < 4.78 is 10.7. The molecule has 0 unspecified atom stereocenters. The number of aryl methyl sites for hydroxylation is 3. The first kappa shape index (κ1) is 19.1. The van der Waals surface area contributed by atoms with Crippen molar-refractivity contribution in [3.63, 3.8) is 0 Å². The van der Waals surface area contributed by atoms with Crippen LogP contribution in [-0.4, -0.2) is 51.7 Å². The quantitative estimate of drug-likeness (QED) is 0.663. The average Bonchev–Trinajstić information content (AvgIpc) is 3.41. The van der Waals surface area contributed by atoms with Gasteiger partial charge in [0, 0.05) is 32.9 Å². The Morgan fingerprint density at radius 2 is 2.00 bits per heavy atom. The minimum Gasteiger partial charge on any atom is -0.361 e. The molecule has 0 saturated carbocycles. The molecule has 0 aromatic carbocycles. The highest BCUT2D eigenvalue weighted by molar-refractivity contribution is 5.96. The van der Waals surface area contributed by atoms with Crippen molar-refractivity contribution in [2.24, 2.45) is 0 Å². The van der Waals surface area contributed by atoms with Gasteiger partial charge in [-0.25, -0.2) is 9.97 Å². The molecule has 1 fully saturated rings. The van der Waals surface area contributed by atoms with E-state index in [1.165, 1.54) is 0 Å². The third-order valence-electron chi connectivity index (χ3n) is 5.18. The zero-order valence-electron chi connectivity index (χ0n) is 17.3. The van der Waals surface area contributed by atoms with E-state index in [-0.39, 0.29) is 11.9 Å².